The maximum atomic E-state index is 11.5. The number of anilines is 1. The van der Waals surface area contributed by atoms with E-state index >= 15 is 0 Å². The van der Waals surface area contributed by atoms with Crippen LogP contribution in [-0.2, 0) is 11.2 Å². The number of carbonyl (C=O) groups is 1. The Balaban J connectivity index is 0.00000208. The number of hydrogen-bond acceptors (Lipinski definition) is 4. The first-order valence-corrected chi connectivity index (χ1v) is 8.68. The summed E-state index contributed by atoms with van der Waals surface area (Å²) in [5, 5.41) is 16.9. The van der Waals surface area contributed by atoms with Crippen molar-refractivity contribution in [2.45, 2.75) is 70.2 Å². The van der Waals surface area contributed by atoms with Gasteiger partial charge in [0, 0.05) is 17.7 Å². The van der Waals surface area contributed by atoms with Gasteiger partial charge in [0.1, 0.15) is 11.5 Å². The molecule has 2 aliphatic rings. The van der Waals surface area contributed by atoms with Crippen LogP contribution >= 0.6 is 12.4 Å². The molecule has 0 saturated heterocycles. The first-order valence-electron chi connectivity index (χ1n) is 8.68. The summed E-state index contributed by atoms with van der Waals surface area (Å²) in [6.07, 6.45) is 6.54. The van der Waals surface area contributed by atoms with E-state index in [-0.39, 0.29) is 24.5 Å². The topological polar surface area (TPSA) is 70.6 Å². The molecule has 3 rings (SSSR count). The molecule has 3 N–H and O–H groups in total. The van der Waals surface area contributed by atoms with E-state index in [1.54, 1.807) is 0 Å². The third kappa shape index (κ3) is 4.41. The monoisotopic (exact) mass is 354 g/mol. The molecule has 1 saturated carbocycles. The standard InChI is InChI=1S/C18H26N2O3.ClH/c1-2-17(20-18(22)11-4-3-5-12-18)23-15-8-6-7-14-13(15)9-10-16(21)19-14;/h6-8,17,20,22H,2-5,9-12H2,1H3,(H,19,21);1H. The molecule has 5 nitrogen and oxygen atoms in total. The lowest BCUT2D eigenvalue weighted by atomic mass is 9.91. The summed E-state index contributed by atoms with van der Waals surface area (Å²) in [5.41, 5.74) is 1.06. The van der Waals surface area contributed by atoms with Crippen molar-refractivity contribution in [1.29, 1.82) is 0 Å². The highest BCUT2D eigenvalue weighted by atomic mass is 35.5. The lowest BCUT2D eigenvalue weighted by Gasteiger charge is -2.36. The minimum Gasteiger partial charge on any atom is -0.475 e. The van der Waals surface area contributed by atoms with Gasteiger partial charge in [0.25, 0.3) is 0 Å². The van der Waals surface area contributed by atoms with Gasteiger partial charge in [-0.15, -0.1) is 12.4 Å². The van der Waals surface area contributed by atoms with Crippen LogP contribution in [0.2, 0.25) is 0 Å². The van der Waals surface area contributed by atoms with Crippen molar-refractivity contribution in [3.63, 3.8) is 0 Å². The summed E-state index contributed by atoms with van der Waals surface area (Å²) in [5.74, 6) is 0.845. The summed E-state index contributed by atoms with van der Waals surface area (Å²) < 4.78 is 6.14. The Morgan fingerprint density at radius 3 is 2.75 bits per heavy atom. The van der Waals surface area contributed by atoms with Crippen molar-refractivity contribution in [2.75, 3.05) is 5.32 Å². The van der Waals surface area contributed by atoms with Gasteiger partial charge >= 0.3 is 0 Å². The molecule has 6 heteroatoms. The Labute approximate surface area is 149 Å². The highest BCUT2D eigenvalue weighted by Gasteiger charge is 2.32. The van der Waals surface area contributed by atoms with Gasteiger partial charge < -0.3 is 15.2 Å². The lowest BCUT2D eigenvalue weighted by Crippen LogP contribution is -2.53. The molecule has 1 aliphatic heterocycles. The van der Waals surface area contributed by atoms with Gasteiger partial charge in [0.15, 0.2) is 6.23 Å². The van der Waals surface area contributed by atoms with Gasteiger partial charge in [0.2, 0.25) is 5.91 Å². The van der Waals surface area contributed by atoms with Crippen LogP contribution in [0.3, 0.4) is 0 Å². The molecule has 0 radical (unpaired) electrons. The third-order valence-corrected chi connectivity index (χ3v) is 4.76. The molecule has 1 aromatic carbocycles. The van der Waals surface area contributed by atoms with Gasteiger partial charge in [0.05, 0.1) is 0 Å². The predicted octanol–water partition coefficient (Wildman–Crippen LogP) is 3.35. The van der Waals surface area contributed by atoms with Crippen LogP contribution in [0.15, 0.2) is 18.2 Å². The van der Waals surface area contributed by atoms with Crippen LogP contribution in [-0.4, -0.2) is 23.0 Å². The van der Waals surface area contributed by atoms with E-state index in [0.29, 0.717) is 12.8 Å². The van der Waals surface area contributed by atoms with Gasteiger partial charge in [-0.2, -0.15) is 0 Å². The number of rotatable bonds is 5. The van der Waals surface area contributed by atoms with E-state index in [1.807, 2.05) is 25.1 Å². The van der Waals surface area contributed by atoms with E-state index in [9.17, 15) is 9.90 Å². The van der Waals surface area contributed by atoms with Crippen molar-refractivity contribution in [3.05, 3.63) is 23.8 Å². The number of fused-ring (bicyclic) bond motifs is 1. The van der Waals surface area contributed by atoms with Gasteiger partial charge in [-0.05, 0) is 50.7 Å². The third-order valence-electron chi connectivity index (χ3n) is 4.76. The molecule has 1 fully saturated rings. The Hall–Kier alpha value is -1.30. The summed E-state index contributed by atoms with van der Waals surface area (Å²) >= 11 is 0. The highest BCUT2D eigenvalue weighted by Crippen LogP contribution is 2.32. The van der Waals surface area contributed by atoms with Gasteiger partial charge in [-0.3, -0.25) is 10.1 Å². The number of ether oxygens (including phenoxy) is 1. The second-order valence-electron chi connectivity index (χ2n) is 6.58. The molecule has 134 valence electrons. The lowest BCUT2D eigenvalue weighted by molar-refractivity contribution is -0.116. The Morgan fingerprint density at radius 2 is 2.04 bits per heavy atom. The van der Waals surface area contributed by atoms with Crippen LogP contribution in [0.5, 0.6) is 5.75 Å². The molecule has 1 aromatic rings. The zero-order valence-electron chi connectivity index (χ0n) is 14.1. The van der Waals surface area contributed by atoms with Gasteiger partial charge in [-0.1, -0.05) is 19.4 Å². The van der Waals surface area contributed by atoms with Crippen molar-refractivity contribution in [2.24, 2.45) is 0 Å². The minimum atomic E-state index is -0.817. The molecule has 1 atom stereocenters. The van der Waals surface area contributed by atoms with Gasteiger partial charge in [-0.25, -0.2) is 0 Å². The van der Waals surface area contributed by atoms with Crippen molar-refractivity contribution in [3.8, 4) is 5.75 Å². The fraction of sp³-hybridized carbons (Fsp3) is 0.611. The summed E-state index contributed by atoms with van der Waals surface area (Å²) in [7, 11) is 0. The molecule has 1 amide bonds. The summed E-state index contributed by atoms with van der Waals surface area (Å²) in [6, 6.07) is 5.73. The number of amides is 1. The second kappa shape index (κ2) is 8.19. The number of nitrogens with one attached hydrogen (secondary N) is 2. The molecule has 0 spiro atoms. The van der Waals surface area contributed by atoms with Crippen LogP contribution in [0.25, 0.3) is 0 Å². The Bertz CT molecular complexity index is 573. The average Bonchev–Trinajstić information content (AvgIpc) is 2.54. The zero-order chi connectivity index (χ0) is 16.3. The van der Waals surface area contributed by atoms with Crippen LogP contribution in [0.1, 0.15) is 57.4 Å². The van der Waals surface area contributed by atoms with Crippen LogP contribution < -0.4 is 15.4 Å². The number of aliphatic hydroxyl groups is 1. The predicted molar refractivity (Wildman–Crippen MR) is 96.5 cm³/mol. The molecule has 24 heavy (non-hydrogen) atoms. The highest BCUT2D eigenvalue weighted by molar-refractivity contribution is 5.94. The SMILES string of the molecule is CCC(NC1(O)CCCCC1)Oc1cccc2c1CCC(=O)N2.Cl. The summed E-state index contributed by atoms with van der Waals surface area (Å²) in [4.78, 5) is 11.5. The van der Waals surface area contributed by atoms with E-state index < -0.39 is 5.72 Å². The number of hydrogen-bond donors (Lipinski definition) is 3. The first-order chi connectivity index (χ1) is 11.1. The smallest absolute Gasteiger partial charge is 0.224 e. The Morgan fingerprint density at radius 1 is 1.29 bits per heavy atom. The van der Waals surface area contributed by atoms with Crippen molar-refractivity contribution < 1.29 is 14.6 Å². The molecular weight excluding hydrogens is 328 g/mol. The number of carbonyl (C=O) groups excluding carboxylic acids is 1. The maximum absolute atomic E-state index is 11.5. The molecular formula is C18H27ClN2O3. The average molecular weight is 355 g/mol. The normalized spacial score (nSPS) is 20.3. The zero-order valence-corrected chi connectivity index (χ0v) is 15.0. The number of benzene rings is 1. The fourth-order valence-corrected chi connectivity index (χ4v) is 3.45. The maximum Gasteiger partial charge on any atom is 0.224 e. The number of halogens is 1. The van der Waals surface area contributed by atoms with E-state index in [1.165, 1.54) is 6.42 Å². The van der Waals surface area contributed by atoms with Crippen molar-refractivity contribution >= 4 is 24.0 Å². The van der Waals surface area contributed by atoms with E-state index in [4.69, 9.17) is 4.74 Å². The first kappa shape index (κ1) is 19.0. The van der Waals surface area contributed by atoms with E-state index in [2.05, 4.69) is 10.6 Å². The molecule has 1 aliphatic carbocycles. The minimum absolute atomic E-state index is 0. The van der Waals surface area contributed by atoms with Crippen LogP contribution in [0, 0.1) is 0 Å². The molecule has 1 heterocycles. The Kier molecular flexibility index (Phi) is 6.49. The largest absolute Gasteiger partial charge is 0.475 e. The molecule has 0 bridgehead atoms. The molecule has 0 aromatic heterocycles. The second-order valence-corrected chi connectivity index (χ2v) is 6.58. The van der Waals surface area contributed by atoms with Crippen LogP contribution in [0.4, 0.5) is 5.69 Å². The van der Waals surface area contributed by atoms with Crippen molar-refractivity contribution in [1.82, 2.24) is 5.32 Å². The quantitative estimate of drug-likeness (QED) is 0.709. The van der Waals surface area contributed by atoms with E-state index in [0.717, 1.165) is 49.1 Å². The molecule has 1 unspecified atom stereocenters. The summed E-state index contributed by atoms with van der Waals surface area (Å²) in [6.45, 7) is 2.04. The fourth-order valence-electron chi connectivity index (χ4n) is 3.45.